The van der Waals surface area contributed by atoms with Gasteiger partial charge in [0, 0.05) is 29.9 Å². The van der Waals surface area contributed by atoms with Gasteiger partial charge >= 0.3 is 5.97 Å². The maximum Gasteiger partial charge on any atom is 0.370 e. The number of allylic oxidation sites excluding steroid dienone is 1. The first kappa shape index (κ1) is 26.2. The fourth-order valence-corrected chi connectivity index (χ4v) is 5.18. The van der Waals surface area contributed by atoms with E-state index in [4.69, 9.17) is 14.2 Å². The van der Waals surface area contributed by atoms with Crippen LogP contribution in [0.25, 0.3) is 0 Å². The molecule has 11 heteroatoms. The Morgan fingerprint density at radius 3 is 2.41 bits per heavy atom. The number of benzene rings is 2. The SMILES string of the molecule is COc1ccc(S(=O)(=O)N(CCO)CCO[C@@H]2C[C@H](c3ccc(Br)cc3)C=C(C(=O)O)O2)cc1. The lowest BCUT2D eigenvalue weighted by atomic mass is 9.93. The highest BCUT2D eigenvalue weighted by Gasteiger charge is 2.30. The van der Waals surface area contributed by atoms with Crippen LogP contribution in [0.1, 0.15) is 17.9 Å². The summed E-state index contributed by atoms with van der Waals surface area (Å²) in [4.78, 5) is 11.6. The molecule has 34 heavy (non-hydrogen) atoms. The number of ether oxygens (including phenoxy) is 3. The van der Waals surface area contributed by atoms with Gasteiger partial charge < -0.3 is 24.4 Å². The molecule has 3 rings (SSSR count). The normalized spacial score (nSPS) is 18.3. The van der Waals surface area contributed by atoms with Gasteiger partial charge in [-0.1, -0.05) is 28.1 Å². The fourth-order valence-electron chi connectivity index (χ4n) is 3.50. The van der Waals surface area contributed by atoms with Crippen LogP contribution in [-0.4, -0.2) is 68.6 Å². The molecular formula is C23H26BrNO8S. The van der Waals surface area contributed by atoms with Gasteiger partial charge in [-0.25, -0.2) is 13.2 Å². The van der Waals surface area contributed by atoms with Crippen LogP contribution in [0.4, 0.5) is 0 Å². The fraction of sp³-hybridized carbons (Fsp3) is 0.348. The minimum absolute atomic E-state index is 0.0517. The van der Waals surface area contributed by atoms with Crippen molar-refractivity contribution in [3.05, 3.63) is 70.4 Å². The van der Waals surface area contributed by atoms with E-state index in [2.05, 4.69) is 15.9 Å². The van der Waals surface area contributed by atoms with Gasteiger partial charge in [0.1, 0.15) is 5.75 Å². The summed E-state index contributed by atoms with van der Waals surface area (Å²) in [6, 6.07) is 13.4. The highest BCUT2D eigenvalue weighted by atomic mass is 79.9. The Balaban J connectivity index is 1.67. The van der Waals surface area contributed by atoms with Crippen LogP contribution in [0.5, 0.6) is 5.75 Å². The van der Waals surface area contributed by atoms with E-state index >= 15 is 0 Å². The molecule has 2 atom stereocenters. The first-order chi connectivity index (χ1) is 16.2. The molecule has 0 amide bonds. The predicted octanol–water partition coefficient (Wildman–Crippen LogP) is 2.96. The van der Waals surface area contributed by atoms with Gasteiger partial charge in [0.05, 0.1) is 25.2 Å². The molecule has 0 aromatic heterocycles. The minimum Gasteiger partial charge on any atom is -0.497 e. The molecule has 0 spiro atoms. The highest BCUT2D eigenvalue weighted by molar-refractivity contribution is 9.10. The number of nitrogens with zero attached hydrogens (tertiary/aromatic N) is 1. The van der Waals surface area contributed by atoms with Crippen molar-refractivity contribution in [2.24, 2.45) is 0 Å². The average molecular weight is 556 g/mol. The number of aliphatic hydroxyl groups excluding tert-OH is 1. The first-order valence-electron chi connectivity index (χ1n) is 10.5. The van der Waals surface area contributed by atoms with Crippen LogP contribution in [-0.2, 0) is 24.3 Å². The van der Waals surface area contributed by atoms with E-state index in [9.17, 15) is 23.4 Å². The van der Waals surface area contributed by atoms with E-state index in [1.54, 1.807) is 12.1 Å². The molecule has 1 aliphatic rings. The second-order valence-electron chi connectivity index (χ2n) is 7.45. The molecule has 0 unspecified atom stereocenters. The third kappa shape index (κ3) is 6.57. The first-order valence-corrected chi connectivity index (χ1v) is 12.7. The lowest BCUT2D eigenvalue weighted by Gasteiger charge is -2.29. The van der Waals surface area contributed by atoms with Crippen LogP contribution in [0.2, 0.25) is 0 Å². The zero-order chi connectivity index (χ0) is 24.7. The summed E-state index contributed by atoms with van der Waals surface area (Å²) in [6.45, 7) is -0.595. The Hall–Kier alpha value is -2.44. The van der Waals surface area contributed by atoms with Crippen molar-refractivity contribution < 1.29 is 37.6 Å². The Morgan fingerprint density at radius 2 is 1.82 bits per heavy atom. The van der Waals surface area contributed by atoms with E-state index in [1.807, 2.05) is 24.3 Å². The number of rotatable bonds is 11. The van der Waals surface area contributed by atoms with Crippen LogP contribution in [0, 0.1) is 0 Å². The lowest BCUT2D eigenvalue weighted by Crippen LogP contribution is -2.37. The van der Waals surface area contributed by atoms with Crippen molar-refractivity contribution in [3.63, 3.8) is 0 Å². The number of carboxylic acids is 1. The third-order valence-corrected chi connectivity index (χ3v) is 7.70. The highest BCUT2D eigenvalue weighted by Crippen LogP contribution is 2.32. The number of hydrogen-bond acceptors (Lipinski definition) is 7. The van der Waals surface area contributed by atoms with Gasteiger partial charge in [-0.3, -0.25) is 0 Å². The monoisotopic (exact) mass is 555 g/mol. The smallest absolute Gasteiger partial charge is 0.370 e. The maximum absolute atomic E-state index is 13.0. The van der Waals surface area contributed by atoms with Crippen molar-refractivity contribution in [1.82, 2.24) is 4.31 Å². The molecule has 2 aromatic carbocycles. The zero-order valence-electron chi connectivity index (χ0n) is 18.5. The summed E-state index contributed by atoms with van der Waals surface area (Å²) in [6.07, 6.45) is 1.03. The molecule has 0 fully saturated rings. The Bertz CT molecular complexity index is 1100. The average Bonchev–Trinajstić information content (AvgIpc) is 2.83. The molecule has 9 nitrogen and oxygen atoms in total. The zero-order valence-corrected chi connectivity index (χ0v) is 20.9. The molecule has 2 N–H and O–H groups in total. The quantitative estimate of drug-likeness (QED) is 0.433. The number of methoxy groups -OCH3 is 1. The van der Waals surface area contributed by atoms with Gasteiger partial charge in [-0.05, 0) is 48.0 Å². The number of aliphatic hydroxyl groups is 1. The molecule has 184 valence electrons. The van der Waals surface area contributed by atoms with E-state index < -0.39 is 22.3 Å². The molecule has 0 bridgehead atoms. The van der Waals surface area contributed by atoms with Crippen molar-refractivity contribution in [1.29, 1.82) is 0 Å². The standard InChI is InChI=1S/C23H26BrNO8S/c1-31-19-6-8-20(9-7-19)34(29,30)25(10-12-26)11-13-32-22-15-17(14-21(33-22)23(27)28)16-2-4-18(24)5-3-16/h2-9,14,17,22,26H,10-13,15H2,1H3,(H,27,28)/t17-,22+/m1/s1. The summed E-state index contributed by atoms with van der Waals surface area (Å²) < 4.78 is 44.3. The molecule has 2 aromatic rings. The largest absolute Gasteiger partial charge is 0.497 e. The molecule has 0 saturated heterocycles. The van der Waals surface area contributed by atoms with Crippen molar-refractivity contribution in [2.75, 3.05) is 33.4 Å². The second-order valence-corrected chi connectivity index (χ2v) is 10.3. The van der Waals surface area contributed by atoms with Gasteiger partial charge in [0.25, 0.3) is 0 Å². The van der Waals surface area contributed by atoms with Gasteiger partial charge in [0.15, 0.2) is 0 Å². The molecule has 0 aliphatic carbocycles. The van der Waals surface area contributed by atoms with Crippen molar-refractivity contribution in [3.8, 4) is 5.75 Å². The summed E-state index contributed by atoms with van der Waals surface area (Å²) in [7, 11) is -2.40. The van der Waals surface area contributed by atoms with Crippen LogP contribution in [0.15, 0.2) is 69.7 Å². The van der Waals surface area contributed by atoms with E-state index in [0.29, 0.717) is 12.2 Å². The van der Waals surface area contributed by atoms with E-state index in [-0.39, 0.29) is 42.9 Å². The van der Waals surface area contributed by atoms with Gasteiger partial charge in [-0.15, -0.1) is 0 Å². The summed E-state index contributed by atoms with van der Waals surface area (Å²) in [5.41, 5.74) is 0.905. The number of carbonyl (C=O) groups is 1. The molecule has 1 aliphatic heterocycles. The minimum atomic E-state index is -3.89. The molecule has 0 radical (unpaired) electrons. The second kappa shape index (κ2) is 11.8. The van der Waals surface area contributed by atoms with E-state index in [1.165, 1.54) is 25.3 Å². The van der Waals surface area contributed by atoms with Crippen molar-refractivity contribution >= 4 is 31.9 Å². The van der Waals surface area contributed by atoms with Crippen LogP contribution < -0.4 is 4.74 Å². The van der Waals surface area contributed by atoms with E-state index in [0.717, 1.165) is 14.3 Å². The Morgan fingerprint density at radius 1 is 1.15 bits per heavy atom. The molecule has 1 heterocycles. The van der Waals surface area contributed by atoms with Gasteiger partial charge in [-0.2, -0.15) is 4.31 Å². The number of hydrogen-bond donors (Lipinski definition) is 2. The topological polar surface area (TPSA) is 123 Å². The third-order valence-electron chi connectivity index (χ3n) is 5.26. The predicted molar refractivity (Wildman–Crippen MR) is 127 cm³/mol. The summed E-state index contributed by atoms with van der Waals surface area (Å²) in [5.74, 6) is -1.15. The van der Waals surface area contributed by atoms with Crippen LogP contribution in [0.3, 0.4) is 0 Å². The number of aliphatic carboxylic acids is 1. The molecular weight excluding hydrogens is 530 g/mol. The maximum atomic E-state index is 13.0. The van der Waals surface area contributed by atoms with Crippen LogP contribution >= 0.6 is 15.9 Å². The van der Waals surface area contributed by atoms with Crippen molar-refractivity contribution in [2.45, 2.75) is 23.5 Å². The molecule has 0 saturated carbocycles. The van der Waals surface area contributed by atoms with Gasteiger partial charge in [0.2, 0.25) is 22.1 Å². The Labute approximate surface area is 206 Å². The number of sulfonamides is 1. The number of carboxylic acid groups (broad SMARTS) is 1. The number of halogens is 1. The summed E-state index contributed by atoms with van der Waals surface area (Å²) in [5, 5.41) is 18.8. The lowest BCUT2D eigenvalue weighted by molar-refractivity contribution is -0.157. The summed E-state index contributed by atoms with van der Waals surface area (Å²) >= 11 is 3.38. The Kier molecular flexibility index (Phi) is 9.09.